The average Bonchev–Trinajstić information content (AvgIpc) is 2.65. The number of rotatable bonds is 8. The van der Waals surface area contributed by atoms with Crippen LogP contribution in [0, 0.1) is 0 Å². The number of ketones is 1. The highest BCUT2D eigenvalue weighted by Crippen LogP contribution is 2.26. The van der Waals surface area contributed by atoms with Gasteiger partial charge in [-0.05, 0) is 45.1 Å². The fraction of sp³-hybridized carbons (Fsp3) is 0.733. The molecule has 0 unspecified atom stereocenters. The van der Waals surface area contributed by atoms with Crippen LogP contribution in [0.4, 0.5) is 0 Å². The Labute approximate surface area is 110 Å². The maximum Gasteiger partial charge on any atom is 0.305 e. The van der Waals surface area contributed by atoms with E-state index in [0.717, 1.165) is 44.1 Å². The summed E-state index contributed by atoms with van der Waals surface area (Å²) >= 11 is 0. The predicted molar refractivity (Wildman–Crippen MR) is 71.3 cm³/mol. The molecule has 1 rings (SSSR count). The zero-order chi connectivity index (χ0) is 13.4. The van der Waals surface area contributed by atoms with Crippen molar-refractivity contribution in [3.63, 3.8) is 0 Å². The van der Waals surface area contributed by atoms with Crippen LogP contribution in [-0.4, -0.2) is 18.4 Å². The van der Waals surface area contributed by atoms with Crippen LogP contribution in [0.5, 0.6) is 0 Å². The Morgan fingerprint density at radius 1 is 1.17 bits per heavy atom. The van der Waals surface area contributed by atoms with Crippen LogP contribution in [0.2, 0.25) is 0 Å². The van der Waals surface area contributed by atoms with E-state index >= 15 is 0 Å². The third kappa shape index (κ3) is 5.03. The first kappa shape index (κ1) is 14.9. The van der Waals surface area contributed by atoms with Gasteiger partial charge >= 0.3 is 5.97 Å². The number of hydrogen-bond acceptors (Lipinski definition) is 3. The van der Waals surface area contributed by atoms with Gasteiger partial charge in [0.25, 0.3) is 0 Å². The van der Waals surface area contributed by atoms with Crippen molar-refractivity contribution in [3.05, 3.63) is 11.1 Å². The Bertz CT molecular complexity index is 329. The minimum Gasteiger partial charge on any atom is -0.466 e. The highest BCUT2D eigenvalue weighted by Gasteiger charge is 2.18. The van der Waals surface area contributed by atoms with Gasteiger partial charge in [-0.3, -0.25) is 9.59 Å². The summed E-state index contributed by atoms with van der Waals surface area (Å²) in [4.78, 5) is 22.6. The summed E-state index contributed by atoms with van der Waals surface area (Å²) < 4.78 is 4.87. The summed E-state index contributed by atoms with van der Waals surface area (Å²) in [6.45, 7) is 4.36. The molecule has 0 N–H and O–H groups in total. The lowest BCUT2D eigenvalue weighted by atomic mass is 10.0. The molecule has 3 nitrogen and oxygen atoms in total. The zero-order valence-corrected chi connectivity index (χ0v) is 11.6. The van der Waals surface area contributed by atoms with Gasteiger partial charge in [-0.1, -0.05) is 18.4 Å². The molecule has 0 aliphatic heterocycles. The minimum absolute atomic E-state index is 0.0953. The number of ether oxygens (including phenoxy) is 1. The molecule has 0 atom stereocenters. The highest BCUT2D eigenvalue weighted by atomic mass is 16.5. The predicted octanol–water partition coefficient (Wildman–Crippen LogP) is 3.57. The number of carbonyl (C=O) groups excluding carboxylic acids is 2. The zero-order valence-electron chi connectivity index (χ0n) is 11.6. The summed E-state index contributed by atoms with van der Waals surface area (Å²) in [5.41, 5.74) is 2.35. The van der Waals surface area contributed by atoms with Gasteiger partial charge in [0.05, 0.1) is 6.61 Å². The topological polar surface area (TPSA) is 43.4 Å². The van der Waals surface area contributed by atoms with Crippen molar-refractivity contribution in [3.8, 4) is 0 Å². The van der Waals surface area contributed by atoms with Crippen molar-refractivity contribution in [2.45, 2.75) is 65.2 Å². The molecule has 0 spiro atoms. The van der Waals surface area contributed by atoms with Gasteiger partial charge in [0.1, 0.15) is 0 Å². The van der Waals surface area contributed by atoms with Gasteiger partial charge in [-0.2, -0.15) is 0 Å². The van der Waals surface area contributed by atoms with Gasteiger partial charge in [0.15, 0.2) is 5.78 Å². The largest absolute Gasteiger partial charge is 0.466 e. The Balaban J connectivity index is 2.04. The maximum atomic E-state index is 11.5. The average molecular weight is 252 g/mol. The van der Waals surface area contributed by atoms with E-state index in [4.69, 9.17) is 4.74 Å². The smallest absolute Gasteiger partial charge is 0.305 e. The number of carbonyl (C=O) groups is 2. The van der Waals surface area contributed by atoms with E-state index in [1.54, 1.807) is 0 Å². The van der Waals surface area contributed by atoms with Crippen LogP contribution in [-0.2, 0) is 14.3 Å². The van der Waals surface area contributed by atoms with E-state index in [1.807, 2.05) is 6.92 Å². The number of allylic oxidation sites excluding steroid dienone is 2. The van der Waals surface area contributed by atoms with E-state index in [-0.39, 0.29) is 5.97 Å². The van der Waals surface area contributed by atoms with Gasteiger partial charge < -0.3 is 4.74 Å². The Kier molecular flexibility index (Phi) is 6.69. The molecule has 0 aromatic rings. The Hall–Kier alpha value is -1.12. The lowest BCUT2D eigenvalue weighted by molar-refractivity contribution is -0.143. The molecule has 0 amide bonds. The standard InChI is InChI=1S/C15H24O3/c1-3-18-15(17)9-7-5-4-6-8-13-12(2)10-11-14(13)16/h3-11H2,1-2H3. The molecule has 18 heavy (non-hydrogen) atoms. The van der Waals surface area contributed by atoms with Crippen LogP contribution >= 0.6 is 0 Å². The van der Waals surface area contributed by atoms with Gasteiger partial charge in [-0.15, -0.1) is 0 Å². The maximum absolute atomic E-state index is 11.5. The molecule has 1 aliphatic rings. The molecule has 0 heterocycles. The molecule has 0 bridgehead atoms. The first-order valence-corrected chi connectivity index (χ1v) is 7.02. The fourth-order valence-corrected chi connectivity index (χ4v) is 2.35. The van der Waals surface area contributed by atoms with E-state index in [1.165, 1.54) is 5.57 Å². The number of esters is 1. The molecule has 0 radical (unpaired) electrons. The van der Waals surface area contributed by atoms with E-state index in [2.05, 4.69) is 6.92 Å². The van der Waals surface area contributed by atoms with Crippen LogP contribution in [0.3, 0.4) is 0 Å². The van der Waals surface area contributed by atoms with Crippen molar-refractivity contribution in [2.75, 3.05) is 6.61 Å². The molecular formula is C15H24O3. The fourth-order valence-electron chi connectivity index (χ4n) is 2.35. The third-order valence-corrected chi connectivity index (χ3v) is 3.44. The lowest BCUT2D eigenvalue weighted by Crippen LogP contribution is -2.03. The van der Waals surface area contributed by atoms with Crippen LogP contribution in [0.15, 0.2) is 11.1 Å². The molecule has 0 saturated carbocycles. The summed E-state index contributed by atoms with van der Waals surface area (Å²) in [5.74, 6) is 0.251. The van der Waals surface area contributed by atoms with E-state index in [9.17, 15) is 9.59 Å². The number of Topliss-reactive ketones (excluding diaryl/α,β-unsaturated/α-hetero) is 1. The van der Waals surface area contributed by atoms with Gasteiger partial charge in [0, 0.05) is 12.8 Å². The van der Waals surface area contributed by atoms with E-state index < -0.39 is 0 Å². The Morgan fingerprint density at radius 3 is 2.50 bits per heavy atom. The summed E-state index contributed by atoms with van der Waals surface area (Å²) in [6, 6.07) is 0. The van der Waals surface area contributed by atoms with Crippen LogP contribution in [0.1, 0.15) is 65.2 Å². The third-order valence-electron chi connectivity index (χ3n) is 3.44. The number of hydrogen-bond donors (Lipinski definition) is 0. The summed E-state index contributed by atoms with van der Waals surface area (Å²) in [7, 11) is 0. The molecule has 3 heteroatoms. The quantitative estimate of drug-likeness (QED) is 0.490. The van der Waals surface area contributed by atoms with E-state index in [0.29, 0.717) is 25.2 Å². The molecule has 0 fully saturated rings. The molecule has 0 aromatic heterocycles. The molecule has 0 aromatic carbocycles. The first-order valence-electron chi connectivity index (χ1n) is 7.02. The second-order valence-corrected chi connectivity index (χ2v) is 4.90. The van der Waals surface area contributed by atoms with Crippen molar-refractivity contribution >= 4 is 11.8 Å². The summed E-state index contributed by atoms with van der Waals surface area (Å²) in [5, 5.41) is 0. The summed E-state index contributed by atoms with van der Waals surface area (Å²) in [6.07, 6.45) is 7.19. The highest BCUT2D eigenvalue weighted by molar-refractivity contribution is 5.98. The lowest BCUT2D eigenvalue weighted by Gasteiger charge is -2.04. The molecule has 0 saturated heterocycles. The van der Waals surface area contributed by atoms with Gasteiger partial charge in [0.2, 0.25) is 0 Å². The Morgan fingerprint density at radius 2 is 1.89 bits per heavy atom. The monoisotopic (exact) mass is 252 g/mol. The van der Waals surface area contributed by atoms with Crippen molar-refractivity contribution in [2.24, 2.45) is 0 Å². The minimum atomic E-state index is -0.0953. The van der Waals surface area contributed by atoms with Crippen molar-refractivity contribution in [1.82, 2.24) is 0 Å². The second-order valence-electron chi connectivity index (χ2n) is 4.90. The molecule has 102 valence electrons. The second kappa shape index (κ2) is 8.06. The molecule has 1 aliphatic carbocycles. The normalized spacial score (nSPS) is 15.3. The van der Waals surface area contributed by atoms with Crippen molar-refractivity contribution in [1.29, 1.82) is 0 Å². The number of unbranched alkanes of at least 4 members (excludes halogenated alkanes) is 3. The van der Waals surface area contributed by atoms with Crippen LogP contribution in [0.25, 0.3) is 0 Å². The van der Waals surface area contributed by atoms with Crippen LogP contribution < -0.4 is 0 Å². The van der Waals surface area contributed by atoms with Crippen molar-refractivity contribution < 1.29 is 14.3 Å². The first-order chi connectivity index (χ1) is 8.65. The van der Waals surface area contributed by atoms with Gasteiger partial charge in [-0.25, -0.2) is 0 Å². The molecular weight excluding hydrogens is 228 g/mol. The SMILES string of the molecule is CCOC(=O)CCCCCCC1=C(C)CCC1=O.